The molecule has 1 aromatic heterocycles. The van der Waals surface area contributed by atoms with Gasteiger partial charge in [0.05, 0.1) is 0 Å². The fourth-order valence-electron chi connectivity index (χ4n) is 3.57. The summed E-state index contributed by atoms with van der Waals surface area (Å²) in [5.74, 6) is 0. The summed E-state index contributed by atoms with van der Waals surface area (Å²) in [6.45, 7) is 3.73. The molecule has 0 saturated heterocycles. The van der Waals surface area contributed by atoms with Gasteiger partial charge < -0.3 is 10.2 Å². The highest BCUT2D eigenvalue weighted by Gasteiger charge is 2.36. The molecule has 2 aliphatic rings. The van der Waals surface area contributed by atoms with Crippen molar-refractivity contribution in [1.82, 2.24) is 10.2 Å². The van der Waals surface area contributed by atoms with Crippen LogP contribution in [0, 0.1) is 5.41 Å². The molecule has 0 amide bonds. The normalized spacial score (nSPS) is 21.7. The number of nitrogens with zero attached hydrogens (tertiary/aromatic N) is 1. The molecule has 1 heterocycles. The first-order chi connectivity index (χ1) is 9.76. The minimum atomic E-state index is 0.562. The number of rotatable bonds is 8. The first-order valence-electron chi connectivity index (χ1n) is 8.20. The summed E-state index contributed by atoms with van der Waals surface area (Å²) in [6, 6.07) is 5.28. The van der Waals surface area contributed by atoms with Gasteiger partial charge in [-0.15, -0.1) is 11.3 Å². The third-order valence-electron chi connectivity index (χ3n) is 4.93. The molecule has 112 valence electrons. The van der Waals surface area contributed by atoms with Crippen molar-refractivity contribution in [3.05, 3.63) is 22.4 Å². The molecule has 3 rings (SSSR count). The van der Waals surface area contributed by atoms with E-state index in [1.54, 1.807) is 0 Å². The number of nitrogens with one attached hydrogen (secondary N) is 1. The van der Waals surface area contributed by atoms with Crippen molar-refractivity contribution in [1.29, 1.82) is 0 Å². The Morgan fingerprint density at radius 1 is 1.35 bits per heavy atom. The van der Waals surface area contributed by atoms with Crippen LogP contribution in [0.5, 0.6) is 0 Å². The van der Waals surface area contributed by atoms with E-state index in [0.717, 1.165) is 6.04 Å². The molecule has 2 saturated carbocycles. The average Bonchev–Trinajstić information content (AvgIpc) is 2.93. The van der Waals surface area contributed by atoms with Gasteiger partial charge >= 0.3 is 0 Å². The van der Waals surface area contributed by atoms with Crippen molar-refractivity contribution in [2.45, 2.75) is 51.0 Å². The maximum Gasteiger partial charge on any atom is 0.00684 e. The molecule has 2 aliphatic carbocycles. The maximum atomic E-state index is 3.79. The third-order valence-corrected chi connectivity index (χ3v) is 5.87. The van der Waals surface area contributed by atoms with E-state index in [-0.39, 0.29) is 0 Å². The van der Waals surface area contributed by atoms with Gasteiger partial charge in [-0.2, -0.15) is 0 Å². The maximum absolute atomic E-state index is 3.79. The smallest absolute Gasteiger partial charge is 0.00684 e. The van der Waals surface area contributed by atoms with Gasteiger partial charge in [0.1, 0.15) is 0 Å². The molecule has 0 bridgehead atoms. The summed E-state index contributed by atoms with van der Waals surface area (Å²) in [5.41, 5.74) is 0.562. The molecule has 0 atom stereocenters. The molecule has 0 unspecified atom stereocenters. The number of hydrogen-bond donors (Lipinski definition) is 1. The molecule has 0 spiro atoms. The fraction of sp³-hybridized carbons (Fsp3) is 0.765. The van der Waals surface area contributed by atoms with Crippen molar-refractivity contribution < 1.29 is 0 Å². The molecule has 0 aliphatic heterocycles. The highest BCUT2D eigenvalue weighted by atomic mass is 32.1. The van der Waals surface area contributed by atoms with Gasteiger partial charge in [-0.05, 0) is 56.0 Å². The molecule has 2 fully saturated rings. The molecule has 2 nitrogen and oxygen atoms in total. The lowest BCUT2D eigenvalue weighted by Gasteiger charge is -2.34. The monoisotopic (exact) mass is 292 g/mol. The minimum Gasteiger partial charge on any atom is -0.313 e. The van der Waals surface area contributed by atoms with Gasteiger partial charge in [0.2, 0.25) is 0 Å². The van der Waals surface area contributed by atoms with E-state index >= 15 is 0 Å². The van der Waals surface area contributed by atoms with Gasteiger partial charge in [-0.1, -0.05) is 18.9 Å². The summed E-state index contributed by atoms with van der Waals surface area (Å²) < 4.78 is 0. The first kappa shape index (κ1) is 14.6. The van der Waals surface area contributed by atoms with Crippen molar-refractivity contribution in [3.8, 4) is 0 Å². The second kappa shape index (κ2) is 6.59. The van der Waals surface area contributed by atoms with Gasteiger partial charge in [0.15, 0.2) is 0 Å². The summed E-state index contributed by atoms with van der Waals surface area (Å²) in [5, 5.41) is 5.98. The van der Waals surface area contributed by atoms with Crippen LogP contribution in [-0.2, 0) is 6.42 Å². The Kier molecular flexibility index (Phi) is 4.79. The van der Waals surface area contributed by atoms with Gasteiger partial charge in [0.25, 0.3) is 0 Å². The van der Waals surface area contributed by atoms with Crippen LogP contribution in [0.1, 0.15) is 43.4 Å². The fourth-order valence-corrected chi connectivity index (χ4v) is 4.27. The molecule has 0 radical (unpaired) electrons. The molecule has 1 aromatic rings. The molecule has 3 heteroatoms. The van der Waals surface area contributed by atoms with E-state index in [2.05, 4.69) is 34.8 Å². The highest BCUT2D eigenvalue weighted by molar-refractivity contribution is 7.09. The lowest BCUT2D eigenvalue weighted by atomic mass is 9.85. The summed E-state index contributed by atoms with van der Waals surface area (Å²) in [7, 11) is 2.31. The van der Waals surface area contributed by atoms with Gasteiger partial charge in [-0.3, -0.25) is 0 Å². The zero-order valence-corrected chi connectivity index (χ0v) is 13.6. The van der Waals surface area contributed by atoms with Crippen LogP contribution in [0.15, 0.2) is 17.5 Å². The molecular formula is C17H28N2S. The van der Waals surface area contributed by atoms with Crippen molar-refractivity contribution in [2.24, 2.45) is 5.41 Å². The largest absolute Gasteiger partial charge is 0.313 e. The lowest BCUT2D eigenvalue weighted by Crippen LogP contribution is -2.42. The van der Waals surface area contributed by atoms with Crippen molar-refractivity contribution >= 4 is 11.3 Å². The van der Waals surface area contributed by atoms with Crippen molar-refractivity contribution in [3.63, 3.8) is 0 Å². The van der Waals surface area contributed by atoms with Crippen LogP contribution in [0.3, 0.4) is 0 Å². The number of hydrogen-bond acceptors (Lipinski definition) is 3. The Hall–Kier alpha value is -0.380. The van der Waals surface area contributed by atoms with Crippen LogP contribution < -0.4 is 5.32 Å². The van der Waals surface area contributed by atoms with E-state index < -0.39 is 0 Å². The Morgan fingerprint density at radius 2 is 2.15 bits per heavy atom. The van der Waals surface area contributed by atoms with Gasteiger partial charge in [-0.25, -0.2) is 0 Å². The topological polar surface area (TPSA) is 15.3 Å². The average molecular weight is 292 g/mol. The standard InChI is InChI=1S/C17H28N2S/c1-19(11-8-16-5-4-12-20-16)14-17(9-2-3-10-17)13-18-15-6-7-15/h4-5,12,15,18H,2-3,6-11,13-14H2,1H3. The molecular weight excluding hydrogens is 264 g/mol. The van der Waals surface area contributed by atoms with Gasteiger partial charge in [0, 0.05) is 30.6 Å². The second-order valence-electron chi connectivity index (χ2n) is 6.93. The van der Waals surface area contributed by atoms with Crippen LogP contribution in [0.4, 0.5) is 0 Å². The van der Waals surface area contributed by atoms with Crippen LogP contribution in [0.25, 0.3) is 0 Å². The number of likely N-dealkylation sites (N-methyl/N-ethyl adjacent to an activating group) is 1. The SMILES string of the molecule is CN(CCc1cccs1)CC1(CNC2CC2)CCCC1. The Bertz CT molecular complexity index is 391. The zero-order chi connectivity index (χ0) is 13.8. The summed E-state index contributed by atoms with van der Waals surface area (Å²) in [6.07, 6.45) is 9.75. The van der Waals surface area contributed by atoms with E-state index in [1.165, 1.54) is 69.5 Å². The zero-order valence-electron chi connectivity index (χ0n) is 12.7. The number of thiophene rings is 1. The molecule has 20 heavy (non-hydrogen) atoms. The van der Waals surface area contributed by atoms with Crippen LogP contribution >= 0.6 is 11.3 Å². The quantitative estimate of drug-likeness (QED) is 0.788. The predicted octanol–water partition coefficient (Wildman–Crippen LogP) is 3.53. The second-order valence-corrected chi connectivity index (χ2v) is 7.96. The highest BCUT2D eigenvalue weighted by Crippen LogP contribution is 2.39. The summed E-state index contributed by atoms with van der Waals surface area (Å²) >= 11 is 1.89. The van der Waals surface area contributed by atoms with E-state index in [0.29, 0.717) is 5.41 Å². The lowest BCUT2D eigenvalue weighted by molar-refractivity contribution is 0.173. The minimum absolute atomic E-state index is 0.562. The Balaban J connectivity index is 1.47. The Morgan fingerprint density at radius 3 is 2.80 bits per heavy atom. The third kappa shape index (κ3) is 4.06. The molecule has 0 aromatic carbocycles. The first-order valence-corrected chi connectivity index (χ1v) is 9.08. The molecule has 1 N–H and O–H groups in total. The van der Waals surface area contributed by atoms with E-state index in [1.807, 2.05) is 11.3 Å². The van der Waals surface area contributed by atoms with Crippen LogP contribution in [-0.4, -0.2) is 37.6 Å². The Labute approximate surface area is 127 Å². The van der Waals surface area contributed by atoms with Crippen LogP contribution in [0.2, 0.25) is 0 Å². The predicted molar refractivity (Wildman–Crippen MR) is 87.4 cm³/mol. The van der Waals surface area contributed by atoms with E-state index in [9.17, 15) is 0 Å². The summed E-state index contributed by atoms with van der Waals surface area (Å²) in [4.78, 5) is 4.09. The van der Waals surface area contributed by atoms with E-state index in [4.69, 9.17) is 0 Å². The van der Waals surface area contributed by atoms with Crippen molar-refractivity contribution in [2.75, 3.05) is 26.7 Å².